The number of carbonyl (C=O) groups is 1. The fourth-order valence-corrected chi connectivity index (χ4v) is 3.97. The van der Waals surface area contributed by atoms with E-state index in [0.717, 1.165) is 40.2 Å². The Kier molecular flexibility index (Phi) is 6.09. The van der Waals surface area contributed by atoms with E-state index in [1.807, 2.05) is 12.3 Å². The van der Waals surface area contributed by atoms with Gasteiger partial charge in [-0.1, -0.05) is 19.3 Å². The van der Waals surface area contributed by atoms with Crippen molar-refractivity contribution in [3.8, 4) is 6.07 Å². The van der Waals surface area contributed by atoms with Crippen LogP contribution in [0.25, 0.3) is 22.1 Å². The van der Waals surface area contributed by atoms with E-state index in [2.05, 4.69) is 31.3 Å². The van der Waals surface area contributed by atoms with Gasteiger partial charge in [-0.3, -0.25) is 4.79 Å². The Bertz CT molecular complexity index is 1000. The normalized spacial score (nSPS) is 16.9. The van der Waals surface area contributed by atoms with Crippen molar-refractivity contribution in [3.63, 3.8) is 0 Å². The van der Waals surface area contributed by atoms with Gasteiger partial charge in [0.2, 0.25) is 5.91 Å². The average Bonchev–Trinajstić information content (AvgIpc) is 3.25. The number of nitrogens with one attached hydrogen (secondary N) is 3. The number of amides is 1. The summed E-state index contributed by atoms with van der Waals surface area (Å²) in [5.41, 5.74) is 2.61. The van der Waals surface area contributed by atoms with Gasteiger partial charge in [-0.2, -0.15) is 5.26 Å². The van der Waals surface area contributed by atoms with E-state index in [-0.39, 0.29) is 5.91 Å². The molecule has 0 atom stereocenters. The van der Waals surface area contributed by atoms with Gasteiger partial charge in [-0.05, 0) is 43.6 Å². The third-order valence-electron chi connectivity index (χ3n) is 5.81. The number of nitriles is 1. The van der Waals surface area contributed by atoms with E-state index in [0.29, 0.717) is 18.9 Å². The third-order valence-corrected chi connectivity index (χ3v) is 5.81. The lowest BCUT2D eigenvalue weighted by Crippen LogP contribution is -2.23. The van der Waals surface area contributed by atoms with Crippen LogP contribution < -0.4 is 5.32 Å². The minimum absolute atomic E-state index is 0.109. The maximum absolute atomic E-state index is 11.7. The van der Waals surface area contributed by atoms with E-state index in [1.165, 1.54) is 44.9 Å². The summed E-state index contributed by atoms with van der Waals surface area (Å²) in [5, 5.41) is 12.3. The Hall–Kier alpha value is -2.88. The van der Waals surface area contributed by atoms with Gasteiger partial charge in [0, 0.05) is 24.4 Å². The number of pyridine rings is 1. The van der Waals surface area contributed by atoms with E-state index in [4.69, 9.17) is 5.26 Å². The summed E-state index contributed by atoms with van der Waals surface area (Å²) in [6.07, 6.45) is 14.1. The van der Waals surface area contributed by atoms with Gasteiger partial charge >= 0.3 is 0 Å². The molecule has 0 spiro atoms. The third kappa shape index (κ3) is 5.14. The molecule has 2 aliphatic carbocycles. The number of imidazole rings is 1. The Labute approximate surface area is 170 Å². The van der Waals surface area contributed by atoms with Crippen LogP contribution in [0.5, 0.6) is 0 Å². The molecule has 0 aliphatic heterocycles. The molecule has 3 aromatic heterocycles. The number of fused-ring (bicyclic) bond motifs is 3. The fourth-order valence-electron chi connectivity index (χ4n) is 3.97. The fraction of sp³-hybridized carbons (Fsp3) is 0.545. The maximum atomic E-state index is 11.7. The minimum atomic E-state index is 0.109. The van der Waals surface area contributed by atoms with Gasteiger partial charge in [0.25, 0.3) is 0 Å². The van der Waals surface area contributed by atoms with Crippen molar-refractivity contribution in [3.05, 3.63) is 24.3 Å². The molecular formula is C22H28N6O. The number of aromatic amines is 2. The van der Waals surface area contributed by atoms with Crippen molar-refractivity contribution in [1.29, 1.82) is 5.26 Å². The first-order valence-electron chi connectivity index (χ1n) is 10.7. The van der Waals surface area contributed by atoms with E-state index < -0.39 is 0 Å². The van der Waals surface area contributed by atoms with Crippen molar-refractivity contribution >= 4 is 28.0 Å². The first-order chi connectivity index (χ1) is 14.2. The smallest absolute Gasteiger partial charge is 0.220 e. The number of nitrogens with zero attached hydrogens (tertiary/aromatic N) is 3. The lowest BCUT2D eigenvalue weighted by molar-refractivity contribution is -0.121. The molecule has 7 nitrogen and oxygen atoms in total. The summed E-state index contributed by atoms with van der Waals surface area (Å²) >= 11 is 0. The number of hydrogen-bond acceptors (Lipinski definition) is 4. The summed E-state index contributed by atoms with van der Waals surface area (Å²) in [5.74, 6) is 2.22. The van der Waals surface area contributed by atoms with Crippen LogP contribution in [0.2, 0.25) is 0 Å². The molecule has 3 N–H and O–H groups in total. The van der Waals surface area contributed by atoms with Crippen LogP contribution in [0.1, 0.15) is 63.6 Å². The topological polar surface area (TPSA) is 110 Å². The first kappa shape index (κ1) is 19.4. The molecular weight excluding hydrogens is 364 g/mol. The highest BCUT2D eigenvalue weighted by Gasteiger charge is 2.24. The lowest BCUT2D eigenvalue weighted by Gasteiger charge is -2.17. The standard InChI is InChI=1S/C14H15N5O.C8H13N/c20-12(5-8-1-2-8)16-7-11-18-10-6-17-14-9(3-4-15-14)13(10)19-11;9-7-6-8-4-2-1-3-5-8/h3-4,6,8H,1-2,5,7H2,(H,15,17)(H,16,20)(H,18,19);8H,1-6H2. The molecule has 7 heteroatoms. The van der Waals surface area contributed by atoms with Crippen LogP contribution in [0, 0.1) is 23.2 Å². The van der Waals surface area contributed by atoms with Gasteiger partial charge in [-0.25, -0.2) is 9.97 Å². The molecule has 0 radical (unpaired) electrons. The minimum Gasteiger partial charge on any atom is -0.349 e. The molecule has 1 amide bonds. The molecule has 152 valence electrons. The second kappa shape index (κ2) is 9.08. The summed E-state index contributed by atoms with van der Waals surface area (Å²) in [7, 11) is 0. The Morgan fingerprint density at radius 2 is 2.03 bits per heavy atom. The number of rotatable bonds is 5. The predicted octanol–water partition coefficient (Wildman–Crippen LogP) is 4.34. The maximum Gasteiger partial charge on any atom is 0.220 e. The van der Waals surface area contributed by atoms with Crippen molar-refractivity contribution in [2.45, 2.75) is 64.3 Å². The van der Waals surface area contributed by atoms with Crippen LogP contribution in [-0.2, 0) is 11.3 Å². The van der Waals surface area contributed by atoms with Gasteiger partial charge in [0.1, 0.15) is 17.0 Å². The summed E-state index contributed by atoms with van der Waals surface area (Å²) < 4.78 is 0. The predicted molar refractivity (Wildman–Crippen MR) is 112 cm³/mol. The molecule has 2 fully saturated rings. The van der Waals surface area contributed by atoms with Gasteiger partial charge < -0.3 is 15.3 Å². The van der Waals surface area contributed by atoms with Crippen molar-refractivity contribution in [2.75, 3.05) is 0 Å². The molecule has 0 unspecified atom stereocenters. The lowest BCUT2D eigenvalue weighted by atomic mass is 9.87. The second-order valence-corrected chi connectivity index (χ2v) is 8.23. The molecule has 2 saturated carbocycles. The Morgan fingerprint density at radius 1 is 1.21 bits per heavy atom. The number of carbonyl (C=O) groups excluding carboxylic acids is 1. The molecule has 0 saturated heterocycles. The SMILES string of the molecule is N#CCC1CCCCC1.O=C(CC1CC1)NCc1nc2c(cnc3[nH]ccc32)[nH]1. The summed E-state index contributed by atoms with van der Waals surface area (Å²) in [6, 6.07) is 4.20. The van der Waals surface area contributed by atoms with Gasteiger partial charge in [-0.15, -0.1) is 0 Å². The quantitative estimate of drug-likeness (QED) is 0.600. The second-order valence-electron chi connectivity index (χ2n) is 8.23. The first-order valence-corrected chi connectivity index (χ1v) is 10.7. The highest BCUT2D eigenvalue weighted by atomic mass is 16.1. The van der Waals surface area contributed by atoms with Gasteiger partial charge in [0.05, 0.1) is 24.3 Å². The average molecular weight is 393 g/mol. The molecule has 29 heavy (non-hydrogen) atoms. The zero-order valence-corrected chi connectivity index (χ0v) is 16.7. The summed E-state index contributed by atoms with van der Waals surface area (Å²) in [4.78, 5) is 26.8. The molecule has 0 aromatic carbocycles. The Balaban J connectivity index is 0.000000192. The van der Waals surface area contributed by atoms with Crippen molar-refractivity contribution < 1.29 is 4.79 Å². The monoisotopic (exact) mass is 392 g/mol. The van der Waals surface area contributed by atoms with E-state index in [9.17, 15) is 4.79 Å². The molecule has 0 bridgehead atoms. The van der Waals surface area contributed by atoms with Crippen LogP contribution in [0.4, 0.5) is 0 Å². The number of hydrogen-bond donors (Lipinski definition) is 3. The zero-order valence-electron chi connectivity index (χ0n) is 16.7. The molecule has 3 heterocycles. The zero-order chi connectivity index (χ0) is 20.1. The van der Waals surface area contributed by atoms with Crippen LogP contribution in [0.3, 0.4) is 0 Å². The summed E-state index contributed by atoms with van der Waals surface area (Å²) in [6.45, 7) is 0.437. The van der Waals surface area contributed by atoms with Crippen molar-refractivity contribution in [2.24, 2.45) is 11.8 Å². The highest BCUT2D eigenvalue weighted by molar-refractivity contribution is 6.00. The van der Waals surface area contributed by atoms with E-state index >= 15 is 0 Å². The largest absolute Gasteiger partial charge is 0.349 e. The Morgan fingerprint density at radius 3 is 2.79 bits per heavy atom. The molecule has 3 aromatic rings. The van der Waals surface area contributed by atoms with E-state index in [1.54, 1.807) is 6.20 Å². The van der Waals surface area contributed by atoms with Crippen LogP contribution >= 0.6 is 0 Å². The van der Waals surface area contributed by atoms with Crippen LogP contribution in [-0.4, -0.2) is 25.8 Å². The van der Waals surface area contributed by atoms with Gasteiger partial charge in [0.15, 0.2) is 0 Å². The number of aromatic nitrogens is 4. The highest BCUT2D eigenvalue weighted by Crippen LogP contribution is 2.32. The molecule has 5 rings (SSSR count). The number of H-pyrrole nitrogens is 2. The molecule has 2 aliphatic rings. The van der Waals surface area contributed by atoms with Crippen molar-refractivity contribution in [1.82, 2.24) is 25.3 Å². The van der Waals surface area contributed by atoms with Crippen LogP contribution in [0.15, 0.2) is 18.5 Å².